The zero-order chi connectivity index (χ0) is 17.1. The first-order valence-electron chi connectivity index (χ1n) is 7.55. The van der Waals surface area contributed by atoms with E-state index in [0.717, 1.165) is 35.5 Å². The van der Waals surface area contributed by atoms with Gasteiger partial charge in [0.05, 0.1) is 19.7 Å². The Morgan fingerprint density at radius 1 is 1.22 bits per heavy atom. The standard InChI is InChI=1S/C13H19N3O2Si.C2H6O2/c1-10-6-7-12-11(9-10)14-15-16(12)13(17)5-3-4-8-19-18-2;1-3-4-2/h6-7,9H,3-5,8,19H2,1-2H3;1-2H3. The van der Waals surface area contributed by atoms with Crippen molar-refractivity contribution in [2.75, 3.05) is 21.3 Å². The number of carbonyl (C=O) groups is 1. The van der Waals surface area contributed by atoms with E-state index in [0.29, 0.717) is 6.42 Å². The predicted octanol–water partition coefficient (Wildman–Crippen LogP) is 1.89. The van der Waals surface area contributed by atoms with Crippen LogP contribution in [0.5, 0.6) is 0 Å². The lowest BCUT2D eigenvalue weighted by Crippen LogP contribution is -2.12. The first kappa shape index (κ1) is 19.4. The van der Waals surface area contributed by atoms with Crippen LogP contribution in [0.2, 0.25) is 6.04 Å². The molecule has 0 N–H and O–H groups in total. The molecule has 0 saturated heterocycles. The second-order valence-electron chi connectivity index (χ2n) is 5.02. The molecule has 8 heteroatoms. The fourth-order valence-electron chi connectivity index (χ4n) is 2.02. The molecule has 1 aromatic heterocycles. The molecular formula is C15H25N3O4Si. The molecule has 2 rings (SSSR count). The Balaban J connectivity index is 0.000000593. The van der Waals surface area contributed by atoms with Crippen LogP contribution in [0.15, 0.2) is 18.2 Å². The summed E-state index contributed by atoms with van der Waals surface area (Å²) in [6.07, 6.45) is 2.46. The van der Waals surface area contributed by atoms with Gasteiger partial charge in [-0.2, -0.15) is 4.68 Å². The molecule has 0 atom stereocenters. The highest BCUT2D eigenvalue weighted by Gasteiger charge is 2.11. The van der Waals surface area contributed by atoms with Crippen molar-refractivity contribution in [1.29, 1.82) is 0 Å². The lowest BCUT2D eigenvalue weighted by molar-refractivity contribution is -0.248. The highest BCUT2D eigenvalue weighted by atomic mass is 28.2. The van der Waals surface area contributed by atoms with Crippen molar-refractivity contribution >= 4 is 26.7 Å². The van der Waals surface area contributed by atoms with E-state index >= 15 is 0 Å². The summed E-state index contributed by atoms with van der Waals surface area (Å²) in [5.41, 5.74) is 2.69. The molecule has 1 aromatic carbocycles. The van der Waals surface area contributed by atoms with Gasteiger partial charge < -0.3 is 4.43 Å². The average Bonchev–Trinajstić information content (AvgIpc) is 2.97. The second-order valence-corrected chi connectivity index (χ2v) is 6.72. The molecule has 23 heavy (non-hydrogen) atoms. The van der Waals surface area contributed by atoms with E-state index in [2.05, 4.69) is 20.1 Å². The second kappa shape index (κ2) is 11.0. The van der Waals surface area contributed by atoms with E-state index in [1.807, 2.05) is 25.1 Å². The Morgan fingerprint density at radius 2 is 1.96 bits per heavy atom. The Hall–Kier alpha value is -1.61. The third-order valence-electron chi connectivity index (χ3n) is 3.24. The van der Waals surface area contributed by atoms with Crippen molar-refractivity contribution in [2.45, 2.75) is 32.2 Å². The first-order chi connectivity index (χ1) is 11.1. The smallest absolute Gasteiger partial charge is 0.248 e. The minimum Gasteiger partial charge on any atom is -0.427 e. The third kappa shape index (κ3) is 6.57. The fraction of sp³-hybridized carbons (Fsp3) is 0.533. The van der Waals surface area contributed by atoms with Crippen LogP contribution in [-0.4, -0.2) is 52.0 Å². The lowest BCUT2D eigenvalue weighted by Gasteiger charge is -2.01. The lowest BCUT2D eigenvalue weighted by atomic mass is 10.2. The summed E-state index contributed by atoms with van der Waals surface area (Å²) in [7, 11) is 4.31. The summed E-state index contributed by atoms with van der Waals surface area (Å²) in [5, 5.41) is 7.99. The summed E-state index contributed by atoms with van der Waals surface area (Å²) >= 11 is 0. The van der Waals surface area contributed by atoms with Crippen molar-refractivity contribution in [1.82, 2.24) is 15.0 Å². The predicted molar refractivity (Wildman–Crippen MR) is 91.1 cm³/mol. The molecule has 0 spiro atoms. The van der Waals surface area contributed by atoms with Gasteiger partial charge in [-0.25, -0.2) is 9.78 Å². The van der Waals surface area contributed by atoms with Gasteiger partial charge in [0.1, 0.15) is 5.52 Å². The van der Waals surface area contributed by atoms with Gasteiger partial charge in [0.25, 0.3) is 0 Å². The molecule has 0 saturated carbocycles. The van der Waals surface area contributed by atoms with Crippen molar-refractivity contribution in [3.63, 3.8) is 0 Å². The summed E-state index contributed by atoms with van der Waals surface area (Å²) < 4.78 is 6.54. The molecule has 0 aliphatic rings. The number of carbonyl (C=O) groups excluding carboxylic acids is 1. The summed E-state index contributed by atoms with van der Waals surface area (Å²) in [5.74, 6) is 0.0189. The van der Waals surface area contributed by atoms with E-state index in [1.165, 1.54) is 18.9 Å². The van der Waals surface area contributed by atoms with Crippen LogP contribution in [0, 0.1) is 6.92 Å². The number of rotatable bonds is 7. The van der Waals surface area contributed by atoms with E-state index in [9.17, 15) is 4.79 Å². The first-order valence-corrected chi connectivity index (χ1v) is 9.12. The highest BCUT2D eigenvalue weighted by molar-refractivity contribution is 6.26. The van der Waals surface area contributed by atoms with Crippen LogP contribution < -0.4 is 0 Å². The average molecular weight is 339 g/mol. The molecule has 128 valence electrons. The number of hydrogen-bond donors (Lipinski definition) is 0. The van der Waals surface area contributed by atoms with Crippen molar-refractivity contribution in [3.8, 4) is 0 Å². The zero-order valence-corrected chi connectivity index (χ0v) is 15.7. The number of aromatic nitrogens is 3. The van der Waals surface area contributed by atoms with Crippen LogP contribution in [-0.2, 0) is 14.2 Å². The Bertz CT molecular complexity index is 601. The van der Waals surface area contributed by atoms with E-state index in [4.69, 9.17) is 4.43 Å². The van der Waals surface area contributed by atoms with Gasteiger partial charge in [-0.1, -0.05) is 17.7 Å². The summed E-state index contributed by atoms with van der Waals surface area (Å²) in [4.78, 5) is 20.2. The maximum atomic E-state index is 12.1. The molecule has 2 aromatic rings. The molecular weight excluding hydrogens is 314 g/mol. The topological polar surface area (TPSA) is 75.5 Å². The van der Waals surface area contributed by atoms with Gasteiger partial charge in [-0.3, -0.25) is 4.79 Å². The molecule has 0 fully saturated rings. The van der Waals surface area contributed by atoms with E-state index in [-0.39, 0.29) is 15.7 Å². The quantitative estimate of drug-likeness (QED) is 0.332. The molecule has 0 radical (unpaired) electrons. The molecule has 0 aliphatic carbocycles. The minimum absolute atomic E-state index is 0.0189. The number of nitrogens with zero attached hydrogens (tertiary/aromatic N) is 3. The minimum atomic E-state index is -0.360. The van der Waals surface area contributed by atoms with Crippen LogP contribution in [0.1, 0.15) is 29.6 Å². The van der Waals surface area contributed by atoms with Crippen LogP contribution in [0.3, 0.4) is 0 Å². The number of hydrogen-bond acceptors (Lipinski definition) is 6. The van der Waals surface area contributed by atoms with Crippen LogP contribution in [0.4, 0.5) is 0 Å². The Morgan fingerprint density at radius 3 is 2.61 bits per heavy atom. The Kier molecular flexibility index (Phi) is 9.30. The summed E-state index contributed by atoms with van der Waals surface area (Å²) in [6.45, 7) is 2.00. The largest absolute Gasteiger partial charge is 0.427 e. The van der Waals surface area contributed by atoms with Crippen LogP contribution >= 0.6 is 0 Å². The maximum absolute atomic E-state index is 12.1. The Labute approximate surface area is 138 Å². The van der Waals surface area contributed by atoms with Crippen molar-refractivity contribution in [3.05, 3.63) is 23.8 Å². The van der Waals surface area contributed by atoms with Gasteiger partial charge in [0, 0.05) is 13.5 Å². The number of unbranched alkanes of at least 4 members (excludes halogenated alkanes) is 1. The van der Waals surface area contributed by atoms with Gasteiger partial charge in [0.2, 0.25) is 5.91 Å². The molecule has 1 heterocycles. The van der Waals surface area contributed by atoms with Gasteiger partial charge in [-0.05, 0) is 37.1 Å². The van der Waals surface area contributed by atoms with Crippen molar-refractivity contribution in [2.24, 2.45) is 0 Å². The van der Waals surface area contributed by atoms with E-state index in [1.54, 1.807) is 7.11 Å². The normalized spacial score (nSPS) is 11.0. The number of benzene rings is 1. The number of fused-ring (bicyclic) bond motifs is 1. The monoisotopic (exact) mass is 339 g/mol. The molecule has 0 unspecified atom stereocenters. The third-order valence-corrected chi connectivity index (χ3v) is 4.44. The van der Waals surface area contributed by atoms with Crippen LogP contribution in [0.25, 0.3) is 11.0 Å². The zero-order valence-electron chi connectivity index (χ0n) is 14.2. The fourth-order valence-corrected chi connectivity index (χ4v) is 2.87. The molecule has 0 bridgehead atoms. The number of aryl methyl sites for hydroxylation is 1. The SMILES string of the molecule is COOC.CO[SiH2]CCCCC(=O)n1nnc2cc(C)ccc21. The van der Waals surface area contributed by atoms with E-state index < -0.39 is 0 Å². The van der Waals surface area contributed by atoms with Gasteiger partial charge in [0.15, 0.2) is 9.76 Å². The summed E-state index contributed by atoms with van der Waals surface area (Å²) in [6, 6.07) is 6.94. The van der Waals surface area contributed by atoms with Gasteiger partial charge >= 0.3 is 0 Å². The molecule has 0 aliphatic heterocycles. The van der Waals surface area contributed by atoms with Crippen molar-refractivity contribution < 1.29 is 19.0 Å². The molecule has 7 nitrogen and oxygen atoms in total. The molecule has 0 amide bonds. The highest BCUT2D eigenvalue weighted by Crippen LogP contribution is 2.14. The van der Waals surface area contributed by atoms with Gasteiger partial charge in [-0.15, -0.1) is 5.10 Å². The maximum Gasteiger partial charge on any atom is 0.248 e.